The molecule has 0 saturated carbocycles. The van der Waals surface area contributed by atoms with Crippen molar-refractivity contribution in [2.45, 2.75) is 51.0 Å². The number of ether oxygens (including phenoxy) is 2. The number of imidazole rings is 1. The van der Waals surface area contributed by atoms with E-state index in [0.717, 1.165) is 0 Å². The maximum atomic E-state index is 12.1. The third kappa shape index (κ3) is 4.00. The summed E-state index contributed by atoms with van der Waals surface area (Å²) in [5.74, 6) is 0.0481. The highest BCUT2D eigenvalue weighted by Crippen LogP contribution is 2.34. The van der Waals surface area contributed by atoms with Crippen molar-refractivity contribution >= 4 is 28.9 Å². The molecule has 0 radical (unpaired) electrons. The number of rotatable bonds is 7. The number of nitrogens with zero attached hydrogens (tertiary/aromatic N) is 4. The average Bonchev–Trinajstić information content (AvgIpc) is 3.29. The zero-order valence-electron chi connectivity index (χ0n) is 15.6. The molecule has 3 rings (SSSR count). The van der Waals surface area contributed by atoms with Gasteiger partial charge in [-0.25, -0.2) is 15.0 Å². The molecule has 3 unspecified atom stereocenters. The van der Waals surface area contributed by atoms with Gasteiger partial charge in [0.05, 0.1) is 18.9 Å². The molecule has 0 aromatic carbocycles. The van der Waals surface area contributed by atoms with Gasteiger partial charge in [0.15, 0.2) is 11.5 Å². The highest BCUT2D eigenvalue weighted by molar-refractivity contribution is 5.82. The fraction of sp³-hybridized carbons (Fsp3) is 0.588. The van der Waals surface area contributed by atoms with Crippen LogP contribution in [0.15, 0.2) is 12.7 Å². The van der Waals surface area contributed by atoms with Gasteiger partial charge in [0.1, 0.15) is 24.2 Å². The van der Waals surface area contributed by atoms with E-state index in [1.54, 1.807) is 13.4 Å². The van der Waals surface area contributed by atoms with Gasteiger partial charge >= 0.3 is 5.97 Å². The van der Waals surface area contributed by atoms with Crippen molar-refractivity contribution in [1.29, 1.82) is 0 Å². The van der Waals surface area contributed by atoms with E-state index in [1.165, 1.54) is 13.4 Å². The fourth-order valence-corrected chi connectivity index (χ4v) is 3.17. The van der Waals surface area contributed by atoms with Crippen LogP contribution in [0.1, 0.15) is 38.8 Å². The Morgan fingerprint density at radius 3 is 2.81 bits per heavy atom. The predicted molar refractivity (Wildman–Crippen MR) is 96.9 cm³/mol. The molecule has 10 heteroatoms. The van der Waals surface area contributed by atoms with Gasteiger partial charge in [0, 0.05) is 26.9 Å². The fourth-order valence-electron chi connectivity index (χ4n) is 3.17. The number of esters is 1. The summed E-state index contributed by atoms with van der Waals surface area (Å²) in [5, 5.41) is 5.47. The molecular formula is C17H24N6O4. The summed E-state index contributed by atoms with van der Waals surface area (Å²) in [6, 6.07) is 0. The van der Waals surface area contributed by atoms with Crippen molar-refractivity contribution in [2.24, 2.45) is 0 Å². The van der Waals surface area contributed by atoms with Crippen LogP contribution >= 0.6 is 0 Å². The molecule has 0 spiro atoms. The normalized spacial score (nSPS) is 22.0. The van der Waals surface area contributed by atoms with Gasteiger partial charge in [-0.2, -0.15) is 0 Å². The maximum Gasteiger partial charge on any atom is 0.306 e. The van der Waals surface area contributed by atoms with Crippen molar-refractivity contribution in [3.63, 3.8) is 0 Å². The molecule has 1 saturated heterocycles. The van der Waals surface area contributed by atoms with Gasteiger partial charge in [0.2, 0.25) is 5.91 Å². The maximum absolute atomic E-state index is 12.1. The summed E-state index contributed by atoms with van der Waals surface area (Å²) in [6.45, 7) is 1.98. The molecule has 0 bridgehead atoms. The molecule has 2 aromatic rings. The Labute approximate surface area is 156 Å². The van der Waals surface area contributed by atoms with Crippen LogP contribution in [0.25, 0.3) is 11.2 Å². The SMILES string of the molecule is CCC1OC(n2cnc3c(NC)ncnc32)CC1OC(=O)CCC(=O)NC. The largest absolute Gasteiger partial charge is 0.459 e. The molecule has 3 heterocycles. The van der Waals surface area contributed by atoms with E-state index < -0.39 is 5.97 Å². The van der Waals surface area contributed by atoms with Crippen LogP contribution in [0.4, 0.5) is 5.82 Å². The Kier molecular flexibility index (Phi) is 5.84. The van der Waals surface area contributed by atoms with E-state index in [-0.39, 0.29) is 37.2 Å². The zero-order valence-corrected chi connectivity index (χ0v) is 15.6. The molecule has 3 atom stereocenters. The Balaban J connectivity index is 1.71. The first-order valence-electron chi connectivity index (χ1n) is 8.98. The Morgan fingerprint density at radius 1 is 1.30 bits per heavy atom. The lowest BCUT2D eigenvalue weighted by molar-refractivity contribution is -0.153. The van der Waals surface area contributed by atoms with Crippen molar-refractivity contribution in [3.8, 4) is 0 Å². The predicted octanol–water partition coefficient (Wildman–Crippen LogP) is 1.00. The Hall–Kier alpha value is -2.75. The van der Waals surface area contributed by atoms with Crippen LogP contribution in [-0.4, -0.2) is 57.7 Å². The van der Waals surface area contributed by atoms with Gasteiger partial charge in [-0.15, -0.1) is 0 Å². The van der Waals surface area contributed by atoms with Crippen LogP contribution in [0.3, 0.4) is 0 Å². The topological polar surface area (TPSA) is 120 Å². The first-order chi connectivity index (χ1) is 13.1. The average molecular weight is 376 g/mol. The highest BCUT2D eigenvalue weighted by atomic mass is 16.6. The molecular weight excluding hydrogens is 352 g/mol. The van der Waals surface area contributed by atoms with Crippen LogP contribution < -0.4 is 10.6 Å². The smallest absolute Gasteiger partial charge is 0.306 e. The molecule has 1 amide bonds. The molecule has 0 aliphatic carbocycles. The van der Waals surface area contributed by atoms with E-state index in [9.17, 15) is 9.59 Å². The summed E-state index contributed by atoms with van der Waals surface area (Å²) in [4.78, 5) is 36.2. The first kappa shape index (κ1) is 19.0. The van der Waals surface area contributed by atoms with Crippen LogP contribution in [0.2, 0.25) is 0 Å². The van der Waals surface area contributed by atoms with Gasteiger partial charge in [-0.3, -0.25) is 14.2 Å². The Morgan fingerprint density at radius 2 is 2.11 bits per heavy atom. The number of carbonyl (C=O) groups excluding carboxylic acids is 2. The highest BCUT2D eigenvalue weighted by Gasteiger charge is 2.38. The third-order valence-electron chi connectivity index (χ3n) is 4.61. The van der Waals surface area contributed by atoms with Crippen molar-refractivity contribution in [2.75, 3.05) is 19.4 Å². The number of amides is 1. The second kappa shape index (κ2) is 8.30. The lowest BCUT2D eigenvalue weighted by Gasteiger charge is -2.17. The number of aromatic nitrogens is 4. The first-order valence-corrected chi connectivity index (χ1v) is 8.98. The van der Waals surface area contributed by atoms with Crippen LogP contribution in [0.5, 0.6) is 0 Å². The van der Waals surface area contributed by atoms with E-state index in [0.29, 0.717) is 29.8 Å². The number of nitrogens with one attached hydrogen (secondary N) is 2. The molecule has 1 aliphatic heterocycles. The third-order valence-corrected chi connectivity index (χ3v) is 4.61. The van der Waals surface area contributed by atoms with E-state index in [2.05, 4.69) is 25.6 Å². The van der Waals surface area contributed by atoms with E-state index >= 15 is 0 Å². The van der Waals surface area contributed by atoms with Gasteiger partial charge in [-0.05, 0) is 6.42 Å². The second-order valence-corrected chi connectivity index (χ2v) is 6.27. The zero-order chi connectivity index (χ0) is 19.4. The van der Waals surface area contributed by atoms with Crippen molar-refractivity contribution in [1.82, 2.24) is 24.8 Å². The summed E-state index contributed by atoms with van der Waals surface area (Å²) in [7, 11) is 3.31. The minimum absolute atomic E-state index is 0.0457. The summed E-state index contributed by atoms with van der Waals surface area (Å²) in [6.07, 6.45) is 3.55. The van der Waals surface area contributed by atoms with Crippen molar-refractivity contribution < 1.29 is 19.1 Å². The van der Waals surface area contributed by atoms with Gasteiger partial charge in [-0.1, -0.05) is 6.92 Å². The summed E-state index contributed by atoms with van der Waals surface area (Å²) < 4.78 is 13.5. The molecule has 1 fully saturated rings. The van der Waals surface area contributed by atoms with Crippen molar-refractivity contribution in [3.05, 3.63) is 12.7 Å². The van der Waals surface area contributed by atoms with Gasteiger partial charge in [0.25, 0.3) is 0 Å². The molecule has 10 nitrogen and oxygen atoms in total. The summed E-state index contributed by atoms with van der Waals surface area (Å²) >= 11 is 0. The molecule has 2 aromatic heterocycles. The monoisotopic (exact) mass is 376 g/mol. The van der Waals surface area contributed by atoms with E-state index in [4.69, 9.17) is 9.47 Å². The lowest BCUT2D eigenvalue weighted by Crippen LogP contribution is -2.27. The van der Waals surface area contributed by atoms with Gasteiger partial charge < -0.3 is 20.1 Å². The minimum atomic E-state index is -0.401. The number of carbonyl (C=O) groups is 2. The quantitative estimate of drug-likeness (QED) is 0.687. The molecule has 2 N–H and O–H groups in total. The number of anilines is 1. The number of hydrogen-bond donors (Lipinski definition) is 2. The van der Waals surface area contributed by atoms with Crippen LogP contribution in [-0.2, 0) is 19.1 Å². The minimum Gasteiger partial charge on any atom is -0.459 e. The van der Waals surface area contributed by atoms with E-state index in [1.807, 2.05) is 11.5 Å². The lowest BCUT2D eigenvalue weighted by atomic mass is 10.1. The Bertz CT molecular complexity index is 823. The number of hydrogen-bond acceptors (Lipinski definition) is 8. The second-order valence-electron chi connectivity index (χ2n) is 6.27. The summed E-state index contributed by atoms with van der Waals surface area (Å²) in [5.41, 5.74) is 1.31. The molecule has 27 heavy (non-hydrogen) atoms. The molecule has 1 aliphatic rings. The number of fused-ring (bicyclic) bond motifs is 1. The van der Waals surface area contributed by atoms with Crippen LogP contribution in [0, 0.1) is 0 Å². The standard InChI is InChI=1S/C17H24N6O4/c1-4-10-11(27-14(25)6-5-12(24)18-2)7-13(26-10)23-9-22-15-16(19-3)20-8-21-17(15)23/h8-11,13H,4-7H2,1-3H3,(H,18,24)(H,19,20,21). The molecule has 146 valence electrons.